The van der Waals surface area contributed by atoms with Gasteiger partial charge in [0.1, 0.15) is 5.69 Å². The third kappa shape index (κ3) is 2.89. The van der Waals surface area contributed by atoms with Crippen molar-refractivity contribution in [2.45, 2.75) is 19.3 Å². The fraction of sp³-hybridized carbons (Fsp3) is 0.455. The second-order valence-electron chi connectivity index (χ2n) is 3.73. The maximum atomic E-state index is 11.6. The number of allylic oxidation sites excluding steroid dienone is 2. The Bertz CT molecular complexity index is 345. The van der Waals surface area contributed by atoms with Gasteiger partial charge >= 0.3 is 0 Å². The van der Waals surface area contributed by atoms with Gasteiger partial charge in [0.05, 0.1) is 5.51 Å². The summed E-state index contributed by atoms with van der Waals surface area (Å²) in [5.74, 6) is 0.545. The molecule has 0 aromatic carbocycles. The van der Waals surface area contributed by atoms with E-state index in [-0.39, 0.29) is 5.91 Å². The van der Waals surface area contributed by atoms with E-state index >= 15 is 0 Å². The summed E-state index contributed by atoms with van der Waals surface area (Å²) in [5.41, 5.74) is 2.21. The van der Waals surface area contributed by atoms with Crippen molar-refractivity contribution in [2.75, 3.05) is 6.54 Å². The van der Waals surface area contributed by atoms with Gasteiger partial charge in [0, 0.05) is 11.9 Å². The number of hydrogen-bond donors (Lipinski definition) is 1. The molecule has 4 heteroatoms. The van der Waals surface area contributed by atoms with E-state index in [2.05, 4.69) is 22.5 Å². The minimum Gasteiger partial charge on any atom is -0.350 e. The van der Waals surface area contributed by atoms with E-state index in [1.165, 1.54) is 17.8 Å². The van der Waals surface area contributed by atoms with Crippen molar-refractivity contribution in [1.29, 1.82) is 0 Å². The highest BCUT2D eigenvalue weighted by atomic mass is 32.1. The van der Waals surface area contributed by atoms with Gasteiger partial charge in [-0.3, -0.25) is 4.79 Å². The molecule has 1 aromatic rings. The molecule has 2 rings (SSSR count). The summed E-state index contributed by atoms with van der Waals surface area (Å²) in [7, 11) is 0. The van der Waals surface area contributed by atoms with Crippen LogP contribution in [0.2, 0.25) is 0 Å². The number of thiazole rings is 1. The first-order valence-electron chi connectivity index (χ1n) is 5.17. The molecule has 3 nitrogen and oxygen atoms in total. The van der Waals surface area contributed by atoms with Crippen molar-refractivity contribution in [1.82, 2.24) is 10.3 Å². The van der Waals surface area contributed by atoms with Crippen LogP contribution >= 0.6 is 11.3 Å². The quantitative estimate of drug-likeness (QED) is 0.797. The lowest BCUT2D eigenvalue weighted by Crippen LogP contribution is -2.29. The third-order valence-electron chi connectivity index (χ3n) is 2.59. The van der Waals surface area contributed by atoms with E-state index < -0.39 is 0 Å². The molecule has 0 radical (unpaired) electrons. The summed E-state index contributed by atoms with van der Waals surface area (Å²) in [6.07, 6.45) is 7.80. The van der Waals surface area contributed by atoms with Crippen LogP contribution in [-0.4, -0.2) is 17.4 Å². The molecule has 1 atom stereocenters. The van der Waals surface area contributed by atoms with Gasteiger partial charge in [0.15, 0.2) is 0 Å². The number of nitrogens with one attached hydrogen (secondary N) is 1. The molecule has 80 valence electrons. The summed E-state index contributed by atoms with van der Waals surface area (Å²) in [6.45, 7) is 0.765. The zero-order valence-electron chi connectivity index (χ0n) is 8.48. The molecular formula is C11H14N2OS. The van der Waals surface area contributed by atoms with Gasteiger partial charge in [-0.05, 0) is 25.2 Å². The Morgan fingerprint density at radius 1 is 1.60 bits per heavy atom. The van der Waals surface area contributed by atoms with E-state index in [4.69, 9.17) is 0 Å². The zero-order valence-corrected chi connectivity index (χ0v) is 9.30. The van der Waals surface area contributed by atoms with Crippen LogP contribution in [0.3, 0.4) is 0 Å². The van der Waals surface area contributed by atoms with Crippen LogP contribution < -0.4 is 5.32 Å². The number of hydrogen-bond acceptors (Lipinski definition) is 3. The van der Waals surface area contributed by atoms with E-state index in [1.54, 1.807) is 10.9 Å². The Morgan fingerprint density at radius 2 is 2.53 bits per heavy atom. The molecule has 1 aromatic heterocycles. The summed E-state index contributed by atoms with van der Waals surface area (Å²) in [5, 5.41) is 4.70. The topological polar surface area (TPSA) is 42.0 Å². The Kier molecular flexibility index (Phi) is 3.50. The van der Waals surface area contributed by atoms with Crippen molar-refractivity contribution in [3.05, 3.63) is 28.7 Å². The average Bonchev–Trinajstić information content (AvgIpc) is 2.81. The molecule has 1 unspecified atom stereocenters. The molecule has 1 N–H and O–H groups in total. The molecule has 0 fully saturated rings. The number of nitrogens with zero attached hydrogens (tertiary/aromatic N) is 1. The number of amides is 1. The second kappa shape index (κ2) is 5.07. The Balaban J connectivity index is 1.78. The Labute approximate surface area is 93.2 Å². The van der Waals surface area contributed by atoms with Crippen molar-refractivity contribution in [3.8, 4) is 0 Å². The fourth-order valence-electron chi connectivity index (χ4n) is 1.69. The maximum Gasteiger partial charge on any atom is 0.270 e. The minimum absolute atomic E-state index is 0.0502. The highest BCUT2D eigenvalue weighted by Gasteiger charge is 2.12. The summed E-state index contributed by atoms with van der Waals surface area (Å²) in [4.78, 5) is 15.5. The molecule has 0 bridgehead atoms. The first-order valence-corrected chi connectivity index (χ1v) is 6.12. The standard InChI is InChI=1S/C11H14N2OS/c14-11(10-7-15-8-13-10)12-6-9-4-2-1-3-5-9/h1-2,7-9H,3-6H2,(H,12,14). The van der Waals surface area contributed by atoms with Crippen molar-refractivity contribution >= 4 is 17.2 Å². The van der Waals surface area contributed by atoms with Gasteiger partial charge in [-0.1, -0.05) is 12.2 Å². The predicted octanol–water partition coefficient (Wildman–Crippen LogP) is 2.23. The Morgan fingerprint density at radius 3 is 3.20 bits per heavy atom. The molecule has 1 aliphatic carbocycles. The highest BCUT2D eigenvalue weighted by molar-refractivity contribution is 7.07. The van der Waals surface area contributed by atoms with Gasteiger partial charge in [-0.25, -0.2) is 4.98 Å². The summed E-state index contributed by atoms with van der Waals surface area (Å²) < 4.78 is 0. The monoisotopic (exact) mass is 222 g/mol. The summed E-state index contributed by atoms with van der Waals surface area (Å²) in [6, 6.07) is 0. The van der Waals surface area contributed by atoms with Gasteiger partial charge in [-0.2, -0.15) is 0 Å². The smallest absolute Gasteiger partial charge is 0.270 e. The van der Waals surface area contributed by atoms with Crippen molar-refractivity contribution in [3.63, 3.8) is 0 Å². The minimum atomic E-state index is -0.0502. The van der Waals surface area contributed by atoms with Crippen LogP contribution in [-0.2, 0) is 0 Å². The molecule has 1 amide bonds. The molecule has 0 saturated heterocycles. The lowest BCUT2D eigenvalue weighted by molar-refractivity contribution is 0.0942. The molecule has 0 saturated carbocycles. The fourth-order valence-corrected chi connectivity index (χ4v) is 2.23. The van der Waals surface area contributed by atoms with Crippen LogP contribution in [0.4, 0.5) is 0 Å². The summed E-state index contributed by atoms with van der Waals surface area (Å²) >= 11 is 1.45. The molecule has 0 spiro atoms. The molecule has 0 aliphatic heterocycles. The van der Waals surface area contributed by atoms with E-state index in [1.807, 2.05) is 0 Å². The average molecular weight is 222 g/mol. The van der Waals surface area contributed by atoms with Crippen molar-refractivity contribution < 1.29 is 4.79 Å². The van der Waals surface area contributed by atoms with Gasteiger partial charge < -0.3 is 5.32 Å². The van der Waals surface area contributed by atoms with Crippen LogP contribution in [0.5, 0.6) is 0 Å². The van der Waals surface area contributed by atoms with Crippen LogP contribution in [0.15, 0.2) is 23.0 Å². The largest absolute Gasteiger partial charge is 0.350 e. The molecule has 1 aliphatic rings. The van der Waals surface area contributed by atoms with Crippen LogP contribution in [0.1, 0.15) is 29.8 Å². The van der Waals surface area contributed by atoms with Crippen LogP contribution in [0, 0.1) is 5.92 Å². The van der Waals surface area contributed by atoms with Gasteiger partial charge in [0.2, 0.25) is 0 Å². The normalized spacial score (nSPS) is 20.1. The van der Waals surface area contributed by atoms with Gasteiger partial charge in [-0.15, -0.1) is 11.3 Å². The maximum absolute atomic E-state index is 11.6. The van der Waals surface area contributed by atoms with Gasteiger partial charge in [0.25, 0.3) is 5.91 Å². The van der Waals surface area contributed by atoms with Crippen LogP contribution in [0.25, 0.3) is 0 Å². The number of carbonyl (C=O) groups excluding carboxylic acids is 1. The number of carbonyl (C=O) groups is 1. The lowest BCUT2D eigenvalue weighted by atomic mass is 9.94. The second-order valence-corrected chi connectivity index (χ2v) is 4.45. The predicted molar refractivity (Wildman–Crippen MR) is 60.9 cm³/mol. The third-order valence-corrected chi connectivity index (χ3v) is 3.18. The van der Waals surface area contributed by atoms with Crippen molar-refractivity contribution in [2.24, 2.45) is 5.92 Å². The Hall–Kier alpha value is -1.16. The highest BCUT2D eigenvalue weighted by Crippen LogP contribution is 2.16. The van der Waals surface area contributed by atoms with E-state index in [0.717, 1.165) is 19.4 Å². The van der Waals surface area contributed by atoms with E-state index in [0.29, 0.717) is 11.6 Å². The molecule has 15 heavy (non-hydrogen) atoms. The first-order chi connectivity index (χ1) is 7.36. The van der Waals surface area contributed by atoms with E-state index in [9.17, 15) is 4.79 Å². The lowest BCUT2D eigenvalue weighted by Gasteiger charge is -2.17. The molecular weight excluding hydrogens is 208 g/mol. The number of aromatic nitrogens is 1. The molecule has 1 heterocycles. The zero-order chi connectivity index (χ0) is 10.5. The number of rotatable bonds is 3. The first kappa shape index (κ1) is 10.4. The SMILES string of the molecule is O=C(NCC1CC=CCC1)c1cscn1.